The van der Waals surface area contributed by atoms with Crippen LogP contribution in [0, 0.1) is 0 Å². The van der Waals surface area contributed by atoms with Gasteiger partial charge in [-0.2, -0.15) is 4.98 Å². The van der Waals surface area contributed by atoms with Crippen LogP contribution in [0.5, 0.6) is 0 Å². The third kappa shape index (κ3) is 5.85. The number of nitrogens with zero attached hydrogens (tertiary/aromatic N) is 5. The maximum atomic E-state index is 12.2. The first-order valence-electron chi connectivity index (χ1n) is 9.88. The minimum atomic E-state index is -0.0591. The zero-order valence-corrected chi connectivity index (χ0v) is 18.0. The summed E-state index contributed by atoms with van der Waals surface area (Å²) in [7, 11) is 0. The van der Waals surface area contributed by atoms with Crippen molar-refractivity contribution in [3.05, 3.63) is 46.8 Å². The molecule has 1 fully saturated rings. The number of anilines is 1. The molecular formula is C20H23ClN6O2S. The van der Waals surface area contributed by atoms with E-state index < -0.39 is 0 Å². The lowest BCUT2D eigenvalue weighted by Crippen LogP contribution is -2.48. The maximum Gasteiger partial charge on any atom is 0.239 e. The van der Waals surface area contributed by atoms with Crippen molar-refractivity contribution >= 4 is 34.7 Å². The van der Waals surface area contributed by atoms with Crippen LogP contribution in [0.2, 0.25) is 5.02 Å². The van der Waals surface area contributed by atoms with E-state index in [1.54, 1.807) is 23.5 Å². The van der Waals surface area contributed by atoms with Crippen LogP contribution in [0.15, 0.2) is 40.4 Å². The Labute approximate surface area is 183 Å². The van der Waals surface area contributed by atoms with E-state index in [0.29, 0.717) is 29.1 Å². The SMILES string of the molecule is O=C(CN1CCN(CCCc2nc(-c3cccs3)no2)CC1)Nc1ccc(Cl)cn1. The molecule has 4 rings (SSSR count). The van der Waals surface area contributed by atoms with E-state index in [-0.39, 0.29) is 5.91 Å². The van der Waals surface area contributed by atoms with Crippen molar-refractivity contribution in [2.45, 2.75) is 12.8 Å². The maximum absolute atomic E-state index is 12.2. The van der Waals surface area contributed by atoms with Crippen LogP contribution in [0.4, 0.5) is 5.82 Å². The van der Waals surface area contributed by atoms with Crippen molar-refractivity contribution in [1.82, 2.24) is 24.9 Å². The summed E-state index contributed by atoms with van der Waals surface area (Å²) < 4.78 is 5.36. The molecule has 1 saturated heterocycles. The quantitative estimate of drug-likeness (QED) is 0.569. The molecule has 0 unspecified atom stereocenters. The highest BCUT2D eigenvalue weighted by molar-refractivity contribution is 7.13. The largest absolute Gasteiger partial charge is 0.339 e. The molecule has 0 aliphatic carbocycles. The first-order chi connectivity index (χ1) is 14.7. The molecule has 3 aromatic rings. The van der Waals surface area contributed by atoms with Crippen LogP contribution in [0.25, 0.3) is 10.7 Å². The zero-order valence-electron chi connectivity index (χ0n) is 16.5. The highest BCUT2D eigenvalue weighted by Crippen LogP contribution is 2.21. The molecule has 10 heteroatoms. The number of piperazine rings is 1. The molecule has 0 bridgehead atoms. The number of carbonyl (C=O) groups is 1. The van der Waals surface area contributed by atoms with Crippen LogP contribution in [0.3, 0.4) is 0 Å². The molecule has 158 valence electrons. The van der Waals surface area contributed by atoms with Crippen LogP contribution in [0.1, 0.15) is 12.3 Å². The molecule has 30 heavy (non-hydrogen) atoms. The standard InChI is InChI=1S/C20H23ClN6O2S/c21-15-5-6-17(22-13-15)23-18(28)14-27-10-8-26(9-11-27)7-1-4-19-24-20(25-29-19)16-3-2-12-30-16/h2-3,5-6,12-13H,1,4,7-11,14H2,(H,22,23,28). The fourth-order valence-electron chi connectivity index (χ4n) is 3.32. The van der Waals surface area contributed by atoms with E-state index in [4.69, 9.17) is 16.1 Å². The smallest absolute Gasteiger partial charge is 0.239 e. The minimum absolute atomic E-state index is 0.0591. The van der Waals surface area contributed by atoms with Crippen molar-refractivity contribution in [2.24, 2.45) is 0 Å². The summed E-state index contributed by atoms with van der Waals surface area (Å²) in [5.74, 6) is 1.81. The van der Waals surface area contributed by atoms with Gasteiger partial charge in [0.25, 0.3) is 0 Å². The third-order valence-corrected chi connectivity index (χ3v) is 5.99. The Bertz CT molecular complexity index is 939. The second-order valence-electron chi connectivity index (χ2n) is 7.12. The van der Waals surface area contributed by atoms with E-state index in [9.17, 15) is 4.79 Å². The third-order valence-electron chi connectivity index (χ3n) is 4.90. The summed E-state index contributed by atoms with van der Waals surface area (Å²) in [6.07, 6.45) is 3.26. The number of hydrogen-bond acceptors (Lipinski definition) is 8. The normalized spacial score (nSPS) is 15.4. The van der Waals surface area contributed by atoms with Gasteiger partial charge in [-0.3, -0.25) is 9.69 Å². The number of carbonyl (C=O) groups excluding carboxylic acids is 1. The monoisotopic (exact) mass is 446 g/mol. The molecule has 1 aliphatic heterocycles. The second-order valence-corrected chi connectivity index (χ2v) is 8.50. The number of nitrogens with one attached hydrogen (secondary N) is 1. The number of aromatic nitrogens is 3. The average molecular weight is 447 g/mol. The number of aryl methyl sites for hydroxylation is 1. The highest BCUT2D eigenvalue weighted by atomic mass is 35.5. The Kier molecular flexibility index (Phi) is 7.06. The summed E-state index contributed by atoms with van der Waals surface area (Å²) in [4.78, 5) is 26.4. The van der Waals surface area contributed by atoms with Crippen molar-refractivity contribution in [3.8, 4) is 10.7 Å². The fraction of sp³-hybridized carbons (Fsp3) is 0.400. The van der Waals surface area contributed by atoms with Gasteiger partial charge in [0.2, 0.25) is 17.6 Å². The van der Waals surface area contributed by atoms with Gasteiger partial charge in [0.15, 0.2) is 0 Å². The summed E-state index contributed by atoms with van der Waals surface area (Å²) in [5, 5.41) is 9.41. The van der Waals surface area contributed by atoms with E-state index in [2.05, 4.69) is 30.2 Å². The molecular weight excluding hydrogens is 424 g/mol. The van der Waals surface area contributed by atoms with Gasteiger partial charge in [0.05, 0.1) is 16.4 Å². The van der Waals surface area contributed by atoms with Gasteiger partial charge in [0.1, 0.15) is 5.82 Å². The molecule has 1 amide bonds. The van der Waals surface area contributed by atoms with E-state index in [1.807, 2.05) is 17.5 Å². The van der Waals surface area contributed by atoms with Gasteiger partial charge in [-0.15, -0.1) is 11.3 Å². The molecule has 1 N–H and O–H groups in total. The molecule has 0 aromatic carbocycles. The van der Waals surface area contributed by atoms with Crippen molar-refractivity contribution in [2.75, 3.05) is 44.6 Å². The minimum Gasteiger partial charge on any atom is -0.339 e. The van der Waals surface area contributed by atoms with Crippen LogP contribution in [-0.4, -0.2) is 70.1 Å². The molecule has 8 nitrogen and oxygen atoms in total. The van der Waals surface area contributed by atoms with Gasteiger partial charge in [0, 0.05) is 38.8 Å². The number of hydrogen-bond donors (Lipinski definition) is 1. The van der Waals surface area contributed by atoms with Crippen LogP contribution >= 0.6 is 22.9 Å². The molecule has 1 aliphatic rings. The van der Waals surface area contributed by atoms with Crippen LogP contribution in [-0.2, 0) is 11.2 Å². The average Bonchev–Trinajstić information content (AvgIpc) is 3.43. The number of halogens is 1. The summed E-state index contributed by atoms with van der Waals surface area (Å²) in [6, 6.07) is 7.38. The number of pyridine rings is 1. The Morgan fingerprint density at radius 3 is 2.77 bits per heavy atom. The predicted molar refractivity (Wildman–Crippen MR) is 117 cm³/mol. The molecule has 3 aromatic heterocycles. The lowest BCUT2D eigenvalue weighted by molar-refractivity contribution is -0.117. The lowest BCUT2D eigenvalue weighted by atomic mass is 10.2. The molecule has 0 spiro atoms. The Balaban J connectivity index is 1.13. The topological polar surface area (TPSA) is 87.4 Å². The van der Waals surface area contributed by atoms with Gasteiger partial charge < -0.3 is 14.7 Å². The van der Waals surface area contributed by atoms with Crippen molar-refractivity contribution in [1.29, 1.82) is 0 Å². The van der Waals surface area contributed by atoms with E-state index in [1.165, 1.54) is 6.20 Å². The van der Waals surface area contributed by atoms with Gasteiger partial charge in [-0.05, 0) is 36.5 Å². The first kappa shape index (κ1) is 20.9. The van der Waals surface area contributed by atoms with E-state index in [0.717, 1.165) is 50.4 Å². The predicted octanol–water partition coefficient (Wildman–Crippen LogP) is 3.04. The Hall–Kier alpha value is -2.33. The summed E-state index contributed by atoms with van der Waals surface area (Å²) in [5.41, 5.74) is 0. The highest BCUT2D eigenvalue weighted by Gasteiger charge is 2.19. The number of rotatable bonds is 8. The molecule has 0 atom stereocenters. The summed E-state index contributed by atoms with van der Waals surface area (Å²) in [6.45, 7) is 4.96. The fourth-order valence-corrected chi connectivity index (χ4v) is 4.08. The van der Waals surface area contributed by atoms with Gasteiger partial charge in [-0.25, -0.2) is 4.98 Å². The lowest BCUT2D eigenvalue weighted by Gasteiger charge is -2.34. The van der Waals surface area contributed by atoms with E-state index >= 15 is 0 Å². The number of thiophene rings is 1. The zero-order chi connectivity index (χ0) is 20.8. The van der Waals surface area contributed by atoms with Crippen molar-refractivity contribution in [3.63, 3.8) is 0 Å². The Morgan fingerprint density at radius 1 is 1.20 bits per heavy atom. The molecule has 0 saturated carbocycles. The Morgan fingerprint density at radius 2 is 2.03 bits per heavy atom. The van der Waals surface area contributed by atoms with Crippen molar-refractivity contribution < 1.29 is 9.32 Å². The van der Waals surface area contributed by atoms with Crippen LogP contribution < -0.4 is 5.32 Å². The second kappa shape index (κ2) is 10.1. The summed E-state index contributed by atoms with van der Waals surface area (Å²) >= 11 is 7.42. The molecule has 0 radical (unpaired) electrons. The number of amides is 1. The molecule has 4 heterocycles. The van der Waals surface area contributed by atoms with Gasteiger partial charge >= 0.3 is 0 Å². The first-order valence-corrected chi connectivity index (χ1v) is 11.1. The van der Waals surface area contributed by atoms with Gasteiger partial charge in [-0.1, -0.05) is 22.8 Å².